The van der Waals surface area contributed by atoms with E-state index in [0.29, 0.717) is 13.1 Å². The van der Waals surface area contributed by atoms with Crippen molar-refractivity contribution < 1.29 is 14.6 Å². The molecule has 0 fully saturated rings. The topological polar surface area (TPSA) is 41.9 Å². The Bertz CT molecular complexity index is 288. The lowest BCUT2D eigenvalue weighted by Crippen LogP contribution is -2.36. The van der Waals surface area contributed by atoms with Crippen molar-refractivity contribution in [1.29, 1.82) is 0 Å². The molecule has 1 aromatic carbocycles. The lowest BCUT2D eigenvalue weighted by Gasteiger charge is -2.25. The fraction of sp³-hybridized carbons (Fsp3) is 0.538. The van der Waals surface area contributed by atoms with Crippen LogP contribution in [-0.2, 0) is 16.0 Å². The Labute approximate surface area is 103 Å². The predicted molar refractivity (Wildman–Crippen MR) is 66.6 cm³/mol. The van der Waals surface area contributed by atoms with Crippen molar-refractivity contribution in [3.8, 4) is 0 Å². The fourth-order valence-corrected chi connectivity index (χ4v) is 1.67. The Kier molecular flexibility index (Phi) is 6.81. The molecule has 0 amide bonds. The highest BCUT2D eigenvalue weighted by molar-refractivity contribution is 5.14. The minimum Gasteiger partial charge on any atom is -0.395 e. The molecule has 0 aromatic heterocycles. The first-order valence-corrected chi connectivity index (χ1v) is 5.73. The van der Waals surface area contributed by atoms with Gasteiger partial charge >= 0.3 is 0 Å². The molecule has 0 aliphatic rings. The van der Waals surface area contributed by atoms with Crippen LogP contribution in [0.25, 0.3) is 0 Å². The van der Waals surface area contributed by atoms with Gasteiger partial charge in [0.2, 0.25) is 0 Å². The smallest absolute Gasteiger partial charge is 0.169 e. The maximum atomic E-state index is 9.05. The summed E-state index contributed by atoms with van der Waals surface area (Å²) in [7, 11) is 3.24. The van der Waals surface area contributed by atoms with E-state index in [1.54, 1.807) is 14.2 Å². The molecular weight excluding hydrogens is 218 g/mol. The summed E-state index contributed by atoms with van der Waals surface area (Å²) in [6.45, 7) is 2.16. The SMILES string of the molecule is COC(CN(CCO)Cc1ccccc1)OC. The van der Waals surface area contributed by atoms with Gasteiger partial charge in [-0.25, -0.2) is 0 Å². The quantitative estimate of drug-likeness (QED) is 0.690. The Morgan fingerprint density at radius 1 is 1.18 bits per heavy atom. The normalized spacial score (nSPS) is 11.4. The predicted octanol–water partition coefficient (Wildman–Crippen LogP) is 1.10. The van der Waals surface area contributed by atoms with E-state index in [0.717, 1.165) is 6.54 Å². The first-order chi connectivity index (χ1) is 8.30. The maximum Gasteiger partial charge on any atom is 0.169 e. The minimum atomic E-state index is -0.259. The zero-order chi connectivity index (χ0) is 12.5. The van der Waals surface area contributed by atoms with Crippen molar-refractivity contribution in [3.05, 3.63) is 35.9 Å². The van der Waals surface area contributed by atoms with Crippen LogP contribution >= 0.6 is 0 Å². The summed E-state index contributed by atoms with van der Waals surface area (Å²) >= 11 is 0. The molecule has 4 heteroatoms. The first kappa shape index (κ1) is 14.1. The second kappa shape index (κ2) is 8.20. The van der Waals surface area contributed by atoms with Crippen LogP contribution in [0, 0.1) is 0 Å². The van der Waals surface area contributed by atoms with Crippen molar-refractivity contribution in [2.45, 2.75) is 12.8 Å². The maximum absolute atomic E-state index is 9.05. The fourth-order valence-electron chi connectivity index (χ4n) is 1.67. The molecule has 0 heterocycles. The Morgan fingerprint density at radius 3 is 2.35 bits per heavy atom. The second-order valence-electron chi connectivity index (χ2n) is 3.85. The lowest BCUT2D eigenvalue weighted by molar-refractivity contribution is -0.118. The molecule has 1 aromatic rings. The van der Waals surface area contributed by atoms with Gasteiger partial charge in [0.25, 0.3) is 0 Å². The van der Waals surface area contributed by atoms with E-state index < -0.39 is 0 Å². The van der Waals surface area contributed by atoms with Gasteiger partial charge in [0.15, 0.2) is 6.29 Å². The molecule has 4 nitrogen and oxygen atoms in total. The molecule has 0 radical (unpaired) electrons. The van der Waals surface area contributed by atoms with Crippen LogP contribution in [0.3, 0.4) is 0 Å². The highest BCUT2D eigenvalue weighted by atomic mass is 16.7. The summed E-state index contributed by atoms with van der Waals surface area (Å²) in [5, 5.41) is 9.05. The van der Waals surface area contributed by atoms with Gasteiger partial charge in [-0.1, -0.05) is 30.3 Å². The average Bonchev–Trinajstić information content (AvgIpc) is 2.37. The number of nitrogens with zero attached hydrogens (tertiary/aromatic N) is 1. The largest absolute Gasteiger partial charge is 0.395 e. The Hall–Kier alpha value is -0.940. The number of aliphatic hydroxyl groups is 1. The lowest BCUT2D eigenvalue weighted by atomic mass is 10.2. The molecule has 0 spiro atoms. The zero-order valence-corrected chi connectivity index (χ0v) is 10.5. The Morgan fingerprint density at radius 2 is 1.82 bits per heavy atom. The number of ether oxygens (including phenoxy) is 2. The molecule has 1 rings (SSSR count). The van der Waals surface area contributed by atoms with Gasteiger partial charge in [0.1, 0.15) is 0 Å². The number of methoxy groups -OCH3 is 2. The van der Waals surface area contributed by atoms with Crippen LogP contribution < -0.4 is 0 Å². The molecule has 0 unspecified atom stereocenters. The van der Waals surface area contributed by atoms with Crippen molar-refractivity contribution in [2.75, 3.05) is 33.9 Å². The molecule has 96 valence electrons. The van der Waals surface area contributed by atoms with Crippen LogP contribution in [0.4, 0.5) is 0 Å². The van der Waals surface area contributed by atoms with Gasteiger partial charge in [-0.3, -0.25) is 4.90 Å². The number of benzene rings is 1. The standard InChI is InChI=1S/C13H21NO3/c1-16-13(17-2)11-14(8-9-15)10-12-6-4-3-5-7-12/h3-7,13,15H,8-11H2,1-2H3. The third kappa shape index (κ3) is 5.28. The van der Waals surface area contributed by atoms with E-state index in [4.69, 9.17) is 14.6 Å². The summed E-state index contributed by atoms with van der Waals surface area (Å²) in [4.78, 5) is 2.10. The molecular formula is C13H21NO3. The van der Waals surface area contributed by atoms with Crippen LogP contribution in [0.15, 0.2) is 30.3 Å². The Balaban J connectivity index is 2.53. The van der Waals surface area contributed by atoms with Gasteiger partial charge in [0.05, 0.1) is 6.61 Å². The third-order valence-corrected chi connectivity index (χ3v) is 2.60. The monoisotopic (exact) mass is 239 g/mol. The number of aliphatic hydroxyl groups excluding tert-OH is 1. The van der Waals surface area contributed by atoms with E-state index in [1.165, 1.54) is 5.56 Å². The van der Waals surface area contributed by atoms with Crippen LogP contribution in [0.5, 0.6) is 0 Å². The van der Waals surface area contributed by atoms with Crippen LogP contribution in [-0.4, -0.2) is 50.2 Å². The molecule has 1 N–H and O–H groups in total. The molecule has 0 aliphatic carbocycles. The van der Waals surface area contributed by atoms with E-state index in [1.807, 2.05) is 18.2 Å². The molecule has 0 saturated carbocycles. The molecule has 0 atom stereocenters. The van der Waals surface area contributed by atoms with E-state index in [2.05, 4.69) is 17.0 Å². The van der Waals surface area contributed by atoms with E-state index in [-0.39, 0.29) is 12.9 Å². The van der Waals surface area contributed by atoms with Gasteiger partial charge < -0.3 is 14.6 Å². The van der Waals surface area contributed by atoms with Crippen molar-refractivity contribution in [2.24, 2.45) is 0 Å². The highest BCUT2D eigenvalue weighted by Crippen LogP contribution is 2.06. The number of hydrogen-bond acceptors (Lipinski definition) is 4. The van der Waals surface area contributed by atoms with Crippen molar-refractivity contribution in [1.82, 2.24) is 4.90 Å². The summed E-state index contributed by atoms with van der Waals surface area (Å²) in [5.41, 5.74) is 1.21. The summed E-state index contributed by atoms with van der Waals surface area (Å²) in [6, 6.07) is 10.2. The van der Waals surface area contributed by atoms with Crippen molar-refractivity contribution >= 4 is 0 Å². The average molecular weight is 239 g/mol. The van der Waals surface area contributed by atoms with Crippen LogP contribution in [0.1, 0.15) is 5.56 Å². The van der Waals surface area contributed by atoms with Gasteiger partial charge in [0, 0.05) is 33.9 Å². The van der Waals surface area contributed by atoms with Gasteiger partial charge in [-0.2, -0.15) is 0 Å². The minimum absolute atomic E-state index is 0.132. The molecule has 0 bridgehead atoms. The first-order valence-electron chi connectivity index (χ1n) is 5.73. The van der Waals surface area contributed by atoms with Crippen LogP contribution in [0.2, 0.25) is 0 Å². The number of hydrogen-bond donors (Lipinski definition) is 1. The second-order valence-corrected chi connectivity index (χ2v) is 3.85. The summed E-state index contributed by atoms with van der Waals surface area (Å²) in [6.07, 6.45) is -0.259. The number of rotatable bonds is 8. The summed E-state index contributed by atoms with van der Waals surface area (Å²) < 4.78 is 10.3. The molecule has 0 aliphatic heterocycles. The van der Waals surface area contributed by atoms with Gasteiger partial charge in [-0.05, 0) is 5.56 Å². The van der Waals surface area contributed by atoms with Gasteiger partial charge in [-0.15, -0.1) is 0 Å². The highest BCUT2D eigenvalue weighted by Gasteiger charge is 2.12. The van der Waals surface area contributed by atoms with E-state index >= 15 is 0 Å². The van der Waals surface area contributed by atoms with E-state index in [9.17, 15) is 0 Å². The zero-order valence-electron chi connectivity index (χ0n) is 10.5. The van der Waals surface area contributed by atoms with Crippen molar-refractivity contribution in [3.63, 3.8) is 0 Å². The summed E-state index contributed by atoms with van der Waals surface area (Å²) in [5.74, 6) is 0. The molecule has 0 saturated heterocycles. The third-order valence-electron chi connectivity index (χ3n) is 2.60. The molecule has 17 heavy (non-hydrogen) atoms.